The minimum Gasteiger partial charge on any atom is -0.449 e. The van der Waals surface area contributed by atoms with Crippen LogP contribution in [0.2, 0.25) is 0 Å². The van der Waals surface area contributed by atoms with Gasteiger partial charge in [0.1, 0.15) is 0 Å². The van der Waals surface area contributed by atoms with E-state index in [-0.39, 0.29) is 13.2 Å². The van der Waals surface area contributed by atoms with Crippen molar-refractivity contribution in [2.75, 3.05) is 18.2 Å². The number of nitrogens with zero attached hydrogens (tertiary/aromatic N) is 2. The monoisotopic (exact) mass is 395 g/mol. The lowest BCUT2D eigenvalue weighted by molar-refractivity contribution is 0.138. The fraction of sp³-hybridized carbons (Fsp3) is 0.273. The summed E-state index contributed by atoms with van der Waals surface area (Å²) in [6, 6.07) is 13.6. The second kappa shape index (κ2) is 8.68. The second-order valence-electron chi connectivity index (χ2n) is 6.50. The van der Waals surface area contributed by atoms with Crippen molar-refractivity contribution in [1.29, 1.82) is 0 Å². The summed E-state index contributed by atoms with van der Waals surface area (Å²) in [5.74, 6) is 0.473. The van der Waals surface area contributed by atoms with Crippen LogP contribution in [0, 0.1) is 13.8 Å². The van der Waals surface area contributed by atoms with E-state index < -0.39 is 12.2 Å². The lowest BCUT2D eigenvalue weighted by Gasteiger charge is -2.24. The molecule has 1 heterocycles. The fourth-order valence-electron chi connectivity index (χ4n) is 3.18. The highest BCUT2D eigenvalue weighted by Gasteiger charge is 2.27. The molecule has 1 N–H and O–H groups in total. The molecule has 0 bridgehead atoms. The van der Waals surface area contributed by atoms with Crippen molar-refractivity contribution in [1.82, 2.24) is 9.99 Å². The molecule has 0 fully saturated rings. The molecular weight excluding hydrogens is 370 g/mol. The van der Waals surface area contributed by atoms with E-state index >= 15 is 0 Å². The molecule has 0 aliphatic heterocycles. The average Bonchev–Trinajstić information content (AvgIpc) is 3.07. The summed E-state index contributed by atoms with van der Waals surface area (Å²) in [6.45, 7) is 7.81. The summed E-state index contributed by atoms with van der Waals surface area (Å²) in [5.41, 5.74) is 5.60. The van der Waals surface area contributed by atoms with E-state index in [1.165, 1.54) is 0 Å². The number of rotatable bonds is 4. The van der Waals surface area contributed by atoms with Crippen molar-refractivity contribution in [2.45, 2.75) is 27.7 Å². The lowest BCUT2D eigenvalue weighted by atomic mass is 10.1. The third-order valence-corrected chi connectivity index (χ3v) is 4.67. The van der Waals surface area contributed by atoms with Gasteiger partial charge in [0, 0.05) is 17.0 Å². The summed E-state index contributed by atoms with van der Waals surface area (Å²) in [5, 5.41) is 2.81. The second-order valence-corrected chi connectivity index (χ2v) is 6.50. The van der Waals surface area contributed by atoms with Crippen molar-refractivity contribution in [3.8, 4) is 5.69 Å². The number of fused-ring (bicyclic) bond motifs is 1. The van der Waals surface area contributed by atoms with Crippen LogP contribution in [0.15, 0.2) is 48.7 Å². The van der Waals surface area contributed by atoms with Gasteiger partial charge in [-0.05, 0) is 44.9 Å². The van der Waals surface area contributed by atoms with Gasteiger partial charge in [0.15, 0.2) is 5.82 Å². The zero-order valence-electron chi connectivity index (χ0n) is 17.1. The van der Waals surface area contributed by atoms with E-state index in [1.54, 1.807) is 13.8 Å². The van der Waals surface area contributed by atoms with Gasteiger partial charge in [-0.15, -0.1) is 0 Å². The molecule has 0 saturated carbocycles. The maximum atomic E-state index is 12.8. The Morgan fingerprint density at radius 3 is 2.45 bits per heavy atom. The molecule has 0 spiro atoms. The molecule has 0 unspecified atom stereocenters. The summed E-state index contributed by atoms with van der Waals surface area (Å²) >= 11 is 0. The zero-order valence-corrected chi connectivity index (χ0v) is 17.1. The molecule has 2 aromatic carbocycles. The molecule has 3 aromatic rings. The molecule has 0 aliphatic carbocycles. The topological polar surface area (TPSA) is 72.8 Å². The molecule has 2 amide bonds. The van der Waals surface area contributed by atoms with Crippen molar-refractivity contribution >= 4 is 28.8 Å². The number of aryl methyl sites for hydroxylation is 1. The number of ether oxygens (including phenoxy) is 2. The SMILES string of the molecule is CCOC(=O)NN(C(=O)OCC)c1c2ccccc2cn1-c1cccc(C)c1C. The minimum atomic E-state index is -0.738. The van der Waals surface area contributed by atoms with Crippen LogP contribution in [0.3, 0.4) is 0 Å². The Balaban J connectivity index is 2.24. The van der Waals surface area contributed by atoms with Crippen LogP contribution in [0.4, 0.5) is 15.4 Å². The van der Waals surface area contributed by atoms with Crippen molar-refractivity contribution in [3.05, 3.63) is 59.8 Å². The summed E-state index contributed by atoms with van der Waals surface area (Å²) < 4.78 is 12.1. The van der Waals surface area contributed by atoms with E-state index in [9.17, 15) is 9.59 Å². The number of hydrazine groups is 1. The van der Waals surface area contributed by atoms with Gasteiger partial charge in [-0.1, -0.05) is 36.4 Å². The maximum Gasteiger partial charge on any atom is 0.435 e. The number of amides is 2. The number of carbonyl (C=O) groups excluding carboxylic acids is 2. The fourth-order valence-corrected chi connectivity index (χ4v) is 3.18. The van der Waals surface area contributed by atoms with Crippen molar-refractivity contribution < 1.29 is 19.1 Å². The average molecular weight is 395 g/mol. The molecular formula is C22H25N3O4. The largest absolute Gasteiger partial charge is 0.449 e. The molecule has 0 radical (unpaired) electrons. The standard InChI is InChI=1S/C22H25N3O4/c1-5-28-21(26)23-25(22(27)29-6-2)20-18-12-8-7-11-17(18)14-24(20)19-13-9-10-15(3)16(19)4/h7-14H,5-6H2,1-4H3,(H,23,26). The Hall–Kier alpha value is -3.48. The summed E-state index contributed by atoms with van der Waals surface area (Å²) in [6.07, 6.45) is 0.500. The molecule has 0 saturated heterocycles. The first-order valence-corrected chi connectivity index (χ1v) is 9.54. The number of nitrogens with one attached hydrogen (secondary N) is 1. The van der Waals surface area contributed by atoms with E-state index in [2.05, 4.69) is 5.43 Å². The van der Waals surface area contributed by atoms with Gasteiger partial charge in [-0.3, -0.25) is 0 Å². The third-order valence-electron chi connectivity index (χ3n) is 4.67. The normalized spacial score (nSPS) is 10.6. The van der Waals surface area contributed by atoms with Gasteiger partial charge in [-0.2, -0.15) is 5.01 Å². The quantitative estimate of drug-likeness (QED) is 0.640. The van der Waals surface area contributed by atoms with E-state index in [0.29, 0.717) is 5.82 Å². The Kier molecular flexibility index (Phi) is 6.07. The molecule has 0 aliphatic rings. The van der Waals surface area contributed by atoms with Gasteiger partial charge in [0.2, 0.25) is 0 Å². The van der Waals surface area contributed by atoms with Gasteiger partial charge in [0.25, 0.3) is 0 Å². The number of hydrogen-bond acceptors (Lipinski definition) is 4. The van der Waals surface area contributed by atoms with Gasteiger partial charge < -0.3 is 14.0 Å². The molecule has 29 heavy (non-hydrogen) atoms. The third kappa shape index (κ3) is 4.03. The van der Waals surface area contributed by atoms with Crippen molar-refractivity contribution in [2.24, 2.45) is 0 Å². The van der Waals surface area contributed by atoms with Gasteiger partial charge >= 0.3 is 12.2 Å². The number of anilines is 1. The van der Waals surface area contributed by atoms with E-state index in [1.807, 2.05) is 67.1 Å². The molecule has 152 valence electrons. The van der Waals surface area contributed by atoms with E-state index in [0.717, 1.165) is 32.6 Å². The van der Waals surface area contributed by atoms with Crippen LogP contribution in [0.1, 0.15) is 25.0 Å². The predicted molar refractivity (Wildman–Crippen MR) is 112 cm³/mol. The van der Waals surface area contributed by atoms with Crippen LogP contribution in [-0.2, 0) is 9.47 Å². The predicted octanol–water partition coefficient (Wildman–Crippen LogP) is 4.87. The minimum absolute atomic E-state index is 0.169. The highest BCUT2D eigenvalue weighted by molar-refractivity contribution is 6.02. The summed E-state index contributed by atoms with van der Waals surface area (Å²) in [7, 11) is 0. The van der Waals surface area contributed by atoms with Gasteiger partial charge in [-0.25, -0.2) is 15.0 Å². The number of hydrogen-bond donors (Lipinski definition) is 1. The first-order valence-electron chi connectivity index (χ1n) is 9.54. The van der Waals surface area contributed by atoms with Crippen LogP contribution in [0.5, 0.6) is 0 Å². The Morgan fingerprint density at radius 2 is 1.72 bits per heavy atom. The highest BCUT2D eigenvalue weighted by Crippen LogP contribution is 2.33. The molecule has 7 heteroatoms. The molecule has 7 nitrogen and oxygen atoms in total. The van der Waals surface area contributed by atoms with Crippen molar-refractivity contribution in [3.63, 3.8) is 0 Å². The molecule has 3 rings (SSSR count). The van der Waals surface area contributed by atoms with Crippen LogP contribution in [0.25, 0.3) is 16.5 Å². The number of aromatic nitrogens is 1. The first-order chi connectivity index (χ1) is 14.0. The van der Waals surface area contributed by atoms with Crippen LogP contribution in [-0.4, -0.2) is 30.0 Å². The maximum absolute atomic E-state index is 12.8. The van der Waals surface area contributed by atoms with Gasteiger partial charge in [0.05, 0.1) is 18.9 Å². The first kappa shape index (κ1) is 20.3. The molecule has 1 aromatic heterocycles. The molecule has 0 atom stereocenters. The number of benzene rings is 2. The lowest BCUT2D eigenvalue weighted by Crippen LogP contribution is -2.48. The van der Waals surface area contributed by atoms with Crippen LogP contribution >= 0.6 is 0 Å². The Labute approximate surface area is 169 Å². The van der Waals surface area contributed by atoms with Crippen LogP contribution < -0.4 is 10.4 Å². The highest BCUT2D eigenvalue weighted by atomic mass is 16.6. The Morgan fingerprint density at radius 1 is 1.00 bits per heavy atom. The Bertz CT molecular complexity index is 1040. The van der Waals surface area contributed by atoms with E-state index in [4.69, 9.17) is 9.47 Å². The number of carbonyl (C=O) groups is 2. The summed E-state index contributed by atoms with van der Waals surface area (Å²) in [4.78, 5) is 25.0. The zero-order chi connectivity index (χ0) is 21.0. The smallest absolute Gasteiger partial charge is 0.435 e.